The van der Waals surface area contributed by atoms with Gasteiger partial charge >= 0.3 is 0 Å². The molecule has 2 atom stereocenters. The lowest BCUT2D eigenvalue weighted by atomic mass is 10.1. The lowest BCUT2D eigenvalue weighted by molar-refractivity contribution is 0.192. The third-order valence-electron chi connectivity index (χ3n) is 4.58. The van der Waals surface area contributed by atoms with Crippen LogP contribution in [0.3, 0.4) is 0 Å². The second kappa shape index (κ2) is 6.32. The molecule has 0 unspecified atom stereocenters. The predicted molar refractivity (Wildman–Crippen MR) is 85.0 cm³/mol. The van der Waals surface area contributed by atoms with Gasteiger partial charge in [-0.05, 0) is 24.3 Å². The summed E-state index contributed by atoms with van der Waals surface area (Å²) in [6.45, 7) is 3.37. The molecule has 1 aromatic heterocycles. The van der Waals surface area contributed by atoms with Gasteiger partial charge in [0, 0.05) is 38.6 Å². The van der Waals surface area contributed by atoms with Crippen LogP contribution in [0.5, 0.6) is 5.75 Å². The molecule has 2 fully saturated rings. The maximum Gasteiger partial charge on any atom is 0.225 e. The monoisotopic (exact) mass is 332 g/mol. The summed E-state index contributed by atoms with van der Waals surface area (Å²) >= 11 is 0. The van der Waals surface area contributed by atoms with Crippen molar-refractivity contribution in [2.75, 3.05) is 31.1 Å². The second-order valence-electron chi connectivity index (χ2n) is 6.23. The zero-order valence-electron chi connectivity index (χ0n) is 13.1. The normalized spacial score (nSPS) is 24.0. The van der Waals surface area contributed by atoms with E-state index in [0.29, 0.717) is 17.7 Å². The molecule has 3 heterocycles. The van der Waals surface area contributed by atoms with Crippen molar-refractivity contribution in [3.63, 3.8) is 0 Å². The molecule has 2 saturated heterocycles. The Kier molecular flexibility index (Phi) is 4.02. The first-order chi connectivity index (χ1) is 11.7. The maximum absolute atomic E-state index is 13.0. The van der Waals surface area contributed by atoms with Gasteiger partial charge in [-0.3, -0.25) is 4.90 Å². The number of ether oxygens (including phenoxy) is 1. The Labute approximate surface area is 138 Å². The summed E-state index contributed by atoms with van der Waals surface area (Å²) in [4.78, 5) is 12.6. The number of benzene rings is 1. The highest BCUT2D eigenvalue weighted by Crippen LogP contribution is 2.27. The van der Waals surface area contributed by atoms with Gasteiger partial charge in [-0.15, -0.1) is 0 Å². The Bertz CT molecular complexity index is 695. The van der Waals surface area contributed by atoms with Crippen LogP contribution in [0.25, 0.3) is 0 Å². The van der Waals surface area contributed by atoms with E-state index < -0.39 is 5.82 Å². The molecule has 7 heteroatoms. The van der Waals surface area contributed by atoms with Gasteiger partial charge < -0.3 is 9.64 Å². The molecule has 5 nitrogen and oxygen atoms in total. The molecule has 0 spiro atoms. The number of aromatic nitrogens is 2. The average Bonchev–Trinajstić information content (AvgIpc) is 2.99. The molecule has 0 amide bonds. The molecule has 0 radical (unpaired) electrons. The van der Waals surface area contributed by atoms with E-state index in [1.807, 2.05) is 0 Å². The number of rotatable bonds is 3. The van der Waals surface area contributed by atoms with Crippen molar-refractivity contribution in [3.8, 4) is 5.75 Å². The van der Waals surface area contributed by atoms with Crippen LogP contribution < -0.4 is 9.64 Å². The van der Waals surface area contributed by atoms with Crippen LogP contribution in [0.4, 0.5) is 14.7 Å². The van der Waals surface area contributed by atoms with Crippen LogP contribution in [-0.2, 0) is 0 Å². The number of nitrogens with zero attached hydrogens (tertiary/aromatic N) is 4. The van der Waals surface area contributed by atoms with Crippen LogP contribution >= 0.6 is 0 Å². The predicted octanol–water partition coefficient (Wildman–Crippen LogP) is 2.10. The standard InChI is InChI=1S/C17H18F2N4O/c18-12-1-3-15(4-2-12)24-16-7-14-10-23(6-5-22(14)11-16)17-20-8-13(19)9-21-17/h1-4,8-9,14,16H,5-7,10-11H2/t14-,16-/m0/s1. The molecule has 0 N–H and O–H groups in total. The molecule has 4 rings (SSSR count). The van der Waals surface area contributed by atoms with E-state index in [9.17, 15) is 8.78 Å². The maximum atomic E-state index is 13.0. The van der Waals surface area contributed by atoms with Crippen molar-refractivity contribution in [1.82, 2.24) is 14.9 Å². The van der Waals surface area contributed by atoms with Gasteiger partial charge in [0.1, 0.15) is 17.7 Å². The zero-order chi connectivity index (χ0) is 16.5. The molecule has 2 aromatic rings. The van der Waals surface area contributed by atoms with E-state index in [-0.39, 0.29) is 11.9 Å². The molecule has 2 aliphatic heterocycles. The smallest absolute Gasteiger partial charge is 0.225 e. The molecular weight excluding hydrogens is 314 g/mol. The van der Waals surface area contributed by atoms with E-state index in [1.54, 1.807) is 12.1 Å². The van der Waals surface area contributed by atoms with Crippen LogP contribution in [0.2, 0.25) is 0 Å². The van der Waals surface area contributed by atoms with Crippen molar-refractivity contribution in [2.45, 2.75) is 18.6 Å². The van der Waals surface area contributed by atoms with E-state index in [4.69, 9.17) is 4.74 Å². The quantitative estimate of drug-likeness (QED) is 0.861. The van der Waals surface area contributed by atoms with Gasteiger partial charge in [-0.25, -0.2) is 18.7 Å². The highest BCUT2D eigenvalue weighted by molar-refractivity contribution is 5.31. The lowest BCUT2D eigenvalue weighted by Gasteiger charge is -2.37. The van der Waals surface area contributed by atoms with Gasteiger partial charge in [-0.2, -0.15) is 0 Å². The Morgan fingerprint density at radius 3 is 2.46 bits per heavy atom. The van der Waals surface area contributed by atoms with Gasteiger partial charge in [0.05, 0.1) is 12.4 Å². The van der Waals surface area contributed by atoms with Gasteiger partial charge in [0.2, 0.25) is 5.95 Å². The number of fused-ring (bicyclic) bond motifs is 1. The average molecular weight is 332 g/mol. The van der Waals surface area contributed by atoms with Gasteiger partial charge in [-0.1, -0.05) is 0 Å². The second-order valence-corrected chi connectivity index (χ2v) is 6.23. The number of hydrogen-bond donors (Lipinski definition) is 0. The third-order valence-corrected chi connectivity index (χ3v) is 4.58. The summed E-state index contributed by atoms with van der Waals surface area (Å²) in [5.74, 6) is 0.575. The van der Waals surface area contributed by atoms with E-state index >= 15 is 0 Å². The van der Waals surface area contributed by atoms with E-state index in [0.717, 1.165) is 32.6 Å². The fourth-order valence-electron chi connectivity index (χ4n) is 3.44. The molecule has 0 saturated carbocycles. The summed E-state index contributed by atoms with van der Waals surface area (Å²) in [5.41, 5.74) is 0. The largest absolute Gasteiger partial charge is 0.489 e. The Hall–Kier alpha value is -2.28. The first-order valence-corrected chi connectivity index (χ1v) is 8.06. The van der Waals surface area contributed by atoms with Crippen LogP contribution in [0, 0.1) is 11.6 Å². The van der Waals surface area contributed by atoms with E-state index in [1.165, 1.54) is 24.5 Å². The lowest BCUT2D eigenvalue weighted by Crippen LogP contribution is -2.50. The number of hydrogen-bond acceptors (Lipinski definition) is 5. The first kappa shape index (κ1) is 15.3. The van der Waals surface area contributed by atoms with E-state index in [2.05, 4.69) is 19.8 Å². The molecule has 126 valence electrons. The van der Waals surface area contributed by atoms with Gasteiger partial charge in [0.15, 0.2) is 5.82 Å². The Morgan fingerprint density at radius 2 is 1.71 bits per heavy atom. The third kappa shape index (κ3) is 3.17. The summed E-state index contributed by atoms with van der Waals surface area (Å²) in [7, 11) is 0. The number of anilines is 1. The SMILES string of the molecule is Fc1ccc(O[C@H]2C[C@H]3CN(c4ncc(F)cn4)CCN3C2)cc1. The van der Waals surface area contributed by atoms with Crippen molar-refractivity contribution >= 4 is 5.95 Å². The summed E-state index contributed by atoms with van der Waals surface area (Å²) in [6.07, 6.45) is 3.39. The Morgan fingerprint density at radius 1 is 0.958 bits per heavy atom. The van der Waals surface area contributed by atoms with Crippen molar-refractivity contribution in [3.05, 3.63) is 48.3 Å². The topological polar surface area (TPSA) is 41.5 Å². The van der Waals surface area contributed by atoms with Gasteiger partial charge in [0.25, 0.3) is 0 Å². The summed E-state index contributed by atoms with van der Waals surface area (Å²) < 4.78 is 31.9. The van der Waals surface area contributed by atoms with Crippen LogP contribution in [-0.4, -0.2) is 53.2 Å². The van der Waals surface area contributed by atoms with Crippen LogP contribution in [0.15, 0.2) is 36.7 Å². The minimum absolute atomic E-state index is 0.0922. The highest BCUT2D eigenvalue weighted by Gasteiger charge is 2.37. The minimum atomic E-state index is -0.425. The molecule has 0 aliphatic carbocycles. The minimum Gasteiger partial charge on any atom is -0.489 e. The molecule has 1 aromatic carbocycles. The summed E-state index contributed by atoms with van der Waals surface area (Å²) in [5, 5.41) is 0. The van der Waals surface area contributed by atoms with Crippen molar-refractivity contribution < 1.29 is 13.5 Å². The fourth-order valence-corrected chi connectivity index (χ4v) is 3.44. The summed E-state index contributed by atoms with van der Waals surface area (Å²) in [6, 6.07) is 6.49. The molecule has 24 heavy (non-hydrogen) atoms. The van der Waals surface area contributed by atoms with Crippen LogP contribution in [0.1, 0.15) is 6.42 Å². The van der Waals surface area contributed by atoms with Crippen molar-refractivity contribution in [1.29, 1.82) is 0 Å². The molecular formula is C17H18F2N4O. The zero-order valence-corrected chi connectivity index (χ0v) is 13.1. The fraction of sp³-hybridized carbons (Fsp3) is 0.412. The highest BCUT2D eigenvalue weighted by atomic mass is 19.1. The number of halogens is 2. The number of piperazine rings is 1. The first-order valence-electron chi connectivity index (χ1n) is 8.06. The Balaban J connectivity index is 1.38. The molecule has 0 bridgehead atoms. The van der Waals surface area contributed by atoms with Crippen molar-refractivity contribution in [2.24, 2.45) is 0 Å². The molecule has 2 aliphatic rings.